The summed E-state index contributed by atoms with van der Waals surface area (Å²) in [4.78, 5) is 0. The molecule has 3 nitrogen and oxygen atoms in total. The molecule has 1 rings (SSSR count). The van der Waals surface area contributed by atoms with Gasteiger partial charge in [0.25, 0.3) is 0 Å². The first-order chi connectivity index (χ1) is 3.91. The minimum atomic E-state index is -0.750. The van der Waals surface area contributed by atoms with E-state index in [1.165, 1.54) is 6.42 Å². The molecule has 0 aromatic heterocycles. The topological polar surface area (TPSA) is 52.5 Å². The first-order valence-corrected chi connectivity index (χ1v) is 2.52. The average Bonchev–Trinajstić information content (AvgIpc) is 2.17. The molecule has 0 fully saturated rings. The third-order valence-corrected chi connectivity index (χ3v) is 0.691. The zero-order valence-electron chi connectivity index (χ0n) is 4.67. The van der Waals surface area contributed by atoms with E-state index in [2.05, 4.69) is 11.4 Å². The fourth-order valence-electron chi connectivity index (χ4n) is 0.417. The van der Waals surface area contributed by atoms with Gasteiger partial charge in [0, 0.05) is 6.54 Å². The predicted molar refractivity (Wildman–Crippen MR) is 33.3 cm³/mol. The van der Waals surface area contributed by atoms with Gasteiger partial charge in [-0.05, 0) is 12.6 Å². The second-order valence-corrected chi connectivity index (χ2v) is 1.29. The van der Waals surface area contributed by atoms with Crippen molar-refractivity contribution >= 4 is 7.69 Å². The summed E-state index contributed by atoms with van der Waals surface area (Å²) in [6, 6.07) is 0. The maximum absolute atomic E-state index is 7.12. The molecule has 0 amide bonds. The zero-order valence-corrected chi connectivity index (χ0v) is 4.67. The van der Waals surface area contributed by atoms with E-state index >= 15 is 0 Å². The highest BCUT2D eigenvalue weighted by atomic mass is 16.4. The van der Waals surface area contributed by atoms with E-state index in [0.29, 0.717) is 0 Å². The maximum atomic E-state index is 7.12. The molecule has 0 spiro atoms. The van der Waals surface area contributed by atoms with Gasteiger partial charge in [-0.15, -0.1) is 0 Å². The largest absolute Gasteiger partial charge is 0.432 e. The second-order valence-electron chi connectivity index (χ2n) is 1.29. The number of rotatable bonds is 0. The summed E-state index contributed by atoms with van der Waals surface area (Å²) in [5.41, 5.74) is 0. The Kier molecular flexibility index (Phi) is 6.14. The van der Waals surface area contributed by atoms with Gasteiger partial charge in [0.15, 0.2) is 0 Å². The molecular weight excluding hydrogens is 105 g/mol. The molecule has 0 aromatic rings. The van der Waals surface area contributed by atoms with E-state index in [1.54, 1.807) is 0 Å². The van der Waals surface area contributed by atoms with E-state index in [-0.39, 0.29) is 0 Å². The summed E-state index contributed by atoms with van der Waals surface area (Å²) in [5.74, 6) is 0. The lowest BCUT2D eigenvalue weighted by Crippen LogP contribution is -1.96. The zero-order chi connectivity index (χ0) is 6.24. The molecule has 0 saturated carbocycles. The van der Waals surface area contributed by atoms with Crippen molar-refractivity contribution in [2.75, 3.05) is 6.54 Å². The predicted octanol–water partition coefficient (Wildman–Crippen LogP) is -1.27. The summed E-state index contributed by atoms with van der Waals surface area (Å²) in [7, 11) is -0.750. The van der Waals surface area contributed by atoms with Crippen LogP contribution >= 0.6 is 0 Å². The van der Waals surface area contributed by atoms with Crippen LogP contribution in [0, 0.1) is 0 Å². The molecule has 0 unspecified atom stereocenters. The molecule has 46 valence electrons. The fourth-order valence-corrected chi connectivity index (χ4v) is 0.417. The standard InChI is InChI=1S/C4H7N.BH3O2/c1-2-4-5-3-1;2-1-3/h1,3,5H,2,4H2;1-3H. The average molecular weight is 115 g/mol. The van der Waals surface area contributed by atoms with Crippen molar-refractivity contribution in [1.29, 1.82) is 0 Å². The van der Waals surface area contributed by atoms with Gasteiger partial charge in [0.1, 0.15) is 0 Å². The first kappa shape index (κ1) is 7.52. The molecule has 0 aromatic carbocycles. The van der Waals surface area contributed by atoms with Crippen LogP contribution in [0.1, 0.15) is 6.42 Å². The van der Waals surface area contributed by atoms with Gasteiger partial charge in [0.2, 0.25) is 0 Å². The van der Waals surface area contributed by atoms with Gasteiger partial charge < -0.3 is 15.4 Å². The SMILES string of the molecule is C1=CNCC1.OBO. The Morgan fingerprint density at radius 1 is 1.50 bits per heavy atom. The molecule has 0 atom stereocenters. The van der Waals surface area contributed by atoms with Crippen molar-refractivity contribution in [3.8, 4) is 0 Å². The van der Waals surface area contributed by atoms with Crippen molar-refractivity contribution < 1.29 is 10.0 Å². The van der Waals surface area contributed by atoms with Crippen LogP contribution in [-0.2, 0) is 0 Å². The van der Waals surface area contributed by atoms with Gasteiger partial charge in [-0.3, -0.25) is 0 Å². The van der Waals surface area contributed by atoms with Crippen LogP contribution in [0.5, 0.6) is 0 Å². The lowest BCUT2D eigenvalue weighted by atomic mass is 10.5. The monoisotopic (exact) mass is 115 g/mol. The van der Waals surface area contributed by atoms with E-state index in [1.807, 2.05) is 6.20 Å². The second kappa shape index (κ2) is 6.52. The van der Waals surface area contributed by atoms with Crippen LogP contribution in [0.4, 0.5) is 0 Å². The van der Waals surface area contributed by atoms with E-state index in [4.69, 9.17) is 10.0 Å². The van der Waals surface area contributed by atoms with E-state index in [0.717, 1.165) is 6.54 Å². The third kappa shape index (κ3) is 5.52. The summed E-state index contributed by atoms with van der Waals surface area (Å²) in [5, 5.41) is 17.3. The number of hydrogen-bond acceptors (Lipinski definition) is 3. The molecule has 0 saturated heterocycles. The molecule has 3 N–H and O–H groups in total. The molecule has 0 radical (unpaired) electrons. The highest BCUT2D eigenvalue weighted by Gasteiger charge is 1.81. The van der Waals surface area contributed by atoms with E-state index in [9.17, 15) is 0 Å². The van der Waals surface area contributed by atoms with Gasteiger partial charge in [-0.2, -0.15) is 0 Å². The van der Waals surface area contributed by atoms with Crippen LogP contribution in [0.25, 0.3) is 0 Å². The van der Waals surface area contributed by atoms with Gasteiger partial charge in [-0.1, -0.05) is 6.08 Å². The molecule has 1 aliphatic heterocycles. The van der Waals surface area contributed by atoms with Crippen molar-refractivity contribution in [2.24, 2.45) is 0 Å². The van der Waals surface area contributed by atoms with Crippen LogP contribution in [0.2, 0.25) is 0 Å². The first-order valence-electron chi connectivity index (χ1n) is 2.52. The summed E-state index contributed by atoms with van der Waals surface area (Å²) < 4.78 is 0. The molecule has 8 heavy (non-hydrogen) atoms. The van der Waals surface area contributed by atoms with E-state index < -0.39 is 7.69 Å². The van der Waals surface area contributed by atoms with Crippen molar-refractivity contribution in [1.82, 2.24) is 5.32 Å². The number of hydrogen-bond donors (Lipinski definition) is 3. The van der Waals surface area contributed by atoms with Crippen LogP contribution in [0.3, 0.4) is 0 Å². The summed E-state index contributed by atoms with van der Waals surface area (Å²) in [6.07, 6.45) is 5.32. The summed E-state index contributed by atoms with van der Waals surface area (Å²) >= 11 is 0. The molecule has 1 heterocycles. The molecule has 0 bridgehead atoms. The Bertz CT molecular complexity index is 61.1. The Labute approximate surface area is 49.3 Å². The Morgan fingerprint density at radius 3 is 2.25 bits per heavy atom. The van der Waals surface area contributed by atoms with Gasteiger partial charge >= 0.3 is 7.69 Å². The normalized spacial score (nSPS) is 13.8. The minimum absolute atomic E-state index is 0.750. The van der Waals surface area contributed by atoms with Crippen LogP contribution in [0.15, 0.2) is 12.3 Å². The third-order valence-electron chi connectivity index (χ3n) is 0.691. The van der Waals surface area contributed by atoms with Gasteiger partial charge in [0.05, 0.1) is 0 Å². The number of nitrogens with one attached hydrogen (secondary N) is 1. The lowest BCUT2D eigenvalue weighted by Gasteiger charge is -1.78. The molecule has 4 heteroatoms. The van der Waals surface area contributed by atoms with Crippen LogP contribution < -0.4 is 5.32 Å². The highest BCUT2D eigenvalue weighted by molar-refractivity contribution is 6.13. The minimum Gasteiger partial charge on any atom is -0.430 e. The quantitative estimate of drug-likeness (QED) is 0.345. The molecule has 0 aliphatic carbocycles. The van der Waals surface area contributed by atoms with Gasteiger partial charge in [-0.25, -0.2) is 0 Å². The molecule has 1 aliphatic rings. The van der Waals surface area contributed by atoms with Crippen molar-refractivity contribution in [3.63, 3.8) is 0 Å². The maximum Gasteiger partial charge on any atom is 0.432 e. The highest BCUT2D eigenvalue weighted by Crippen LogP contribution is 1.84. The van der Waals surface area contributed by atoms with Crippen LogP contribution in [-0.4, -0.2) is 24.3 Å². The Balaban J connectivity index is 0.000000145. The fraction of sp³-hybridized carbons (Fsp3) is 0.500. The summed E-state index contributed by atoms with van der Waals surface area (Å²) in [6.45, 7) is 1.14. The molecular formula is C4H10BNO2. The van der Waals surface area contributed by atoms with Crippen molar-refractivity contribution in [2.45, 2.75) is 6.42 Å². The Hall–Kier alpha value is -0.475. The van der Waals surface area contributed by atoms with Crippen molar-refractivity contribution in [3.05, 3.63) is 12.3 Å². The smallest absolute Gasteiger partial charge is 0.430 e. The lowest BCUT2D eigenvalue weighted by molar-refractivity contribution is 0.448. The Morgan fingerprint density at radius 2 is 2.12 bits per heavy atom.